The van der Waals surface area contributed by atoms with Crippen LogP contribution in [0.2, 0.25) is 0 Å². The molecule has 0 spiro atoms. The molecule has 0 saturated carbocycles. The van der Waals surface area contributed by atoms with Gasteiger partial charge < -0.3 is 16.8 Å². The van der Waals surface area contributed by atoms with Crippen LogP contribution in [-0.4, -0.2) is 10.9 Å². The molecule has 0 atom stereocenters. The van der Waals surface area contributed by atoms with Crippen LogP contribution in [0.4, 0.5) is 17.2 Å². The van der Waals surface area contributed by atoms with Gasteiger partial charge in [0.25, 0.3) is 0 Å². The summed E-state index contributed by atoms with van der Waals surface area (Å²) in [5.41, 5.74) is 12.5. The molecule has 1 heterocycles. The van der Waals surface area contributed by atoms with Crippen molar-refractivity contribution < 1.29 is 4.79 Å². The maximum Gasteiger partial charge on any atom is 0.221 e. The van der Waals surface area contributed by atoms with Crippen LogP contribution >= 0.6 is 11.8 Å². The van der Waals surface area contributed by atoms with Crippen LogP contribution in [0, 0.1) is 0 Å². The Labute approximate surface area is 115 Å². The van der Waals surface area contributed by atoms with Crippen molar-refractivity contribution in [3.05, 3.63) is 36.4 Å². The number of benzene rings is 1. The van der Waals surface area contributed by atoms with Gasteiger partial charge in [0.15, 0.2) is 0 Å². The first-order valence-electron chi connectivity index (χ1n) is 5.62. The summed E-state index contributed by atoms with van der Waals surface area (Å²) in [6.07, 6.45) is 0. The summed E-state index contributed by atoms with van der Waals surface area (Å²) >= 11 is 1.48. The number of rotatable bonds is 3. The van der Waals surface area contributed by atoms with Crippen LogP contribution < -0.4 is 16.8 Å². The fraction of sp³-hybridized carbons (Fsp3) is 0.0769. The summed E-state index contributed by atoms with van der Waals surface area (Å²) in [5.74, 6) is 0.244. The van der Waals surface area contributed by atoms with Crippen molar-refractivity contribution in [3.63, 3.8) is 0 Å². The molecular formula is C13H14N4OS. The van der Waals surface area contributed by atoms with Crippen molar-refractivity contribution in [2.75, 3.05) is 16.8 Å². The van der Waals surface area contributed by atoms with Crippen molar-refractivity contribution in [1.82, 2.24) is 4.98 Å². The molecule has 0 radical (unpaired) electrons. The summed E-state index contributed by atoms with van der Waals surface area (Å²) in [6.45, 7) is 1.48. The number of nitrogens with zero attached hydrogens (tertiary/aromatic N) is 1. The molecule has 0 saturated heterocycles. The first kappa shape index (κ1) is 13.2. The lowest BCUT2D eigenvalue weighted by molar-refractivity contribution is -0.114. The summed E-state index contributed by atoms with van der Waals surface area (Å²) < 4.78 is 0. The second kappa shape index (κ2) is 5.62. The number of pyridine rings is 1. The summed E-state index contributed by atoms with van der Waals surface area (Å²) in [4.78, 5) is 16.1. The van der Waals surface area contributed by atoms with Gasteiger partial charge >= 0.3 is 0 Å². The monoisotopic (exact) mass is 274 g/mol. The molecule has 0 aliphatic carbocycles. The van der Waals surface area contributed by atoms with E-state index in [-0.39, 0.29) is 5.91 Å². The van der Waals surface area contributed by atoms with Gasteiger partial charge in [-0.05, 0) is 36.4 Å². The minimum Gasteiger partial charge on any atom is -0.396 e. The highest BCUT2D eigenvalue weighted by Crippen LogP contribution is 2.28. The van der Waals surface area contributed by atoms with Gasteiger partial charge in [-0.15, -0.1) is 0 Å². The Balaban J connectivity index is 2.10. The fourth-order valence-corrected chi connectivity index (χ4v) is 2.25. The minimum atomic E-state index is -0.0895. The van der Waals surface area contributed by atoms with E-state index in [1.54, 1.807) is 6.07 Å². The number of hydrogen-bond donors (Lipinski definition) is 3. The van der Waals surface area contributed by atoms with Gasteiger partial charge in [-0.2, -0.15) is 0 Å². The lowest BCUT2D eigenvalue weighted by Crippen LogP contribution is -2.05. The summed E-state index contributed by atoms with van der Waals surface area (Å²) in [5, 5.41) is 3.49. The average Bonchev–Trinajstić information content (AvgIpc) is 2.36. The maximum atomic E-state index is 10.9. The first-order valence-corrected chi connectivity index (χ1v) is 6.44. The van der Waals surface area contributed by atoms with Crippen LogP contribution in [0.25, 0.3) is 0 Å². The van der Waals surface area contributed by atoms with E-state index in [4.69, 9.17) is 11.5 Å². The van der Waals surface area contributed by atoms with Crippen LogP contribution in [0.15, 0.2) is 46.3 Å². The molecule has 0 aliphatic heterocycles. The van der Waals surface area contributed by atoms with Crippen molar-refractivity contribution in [2.24, 2.45) is 0 Å². The third-order valence-electron chi connectivity index (χ3n) is 2.33. The van der Waals surface area contributed by atoms with Crippen LogP contribution in [0.1, 0.15) is 6.92 Å². The summed E-state index contributed by atoms with van der Waals surface area (Å²) in [6, 6.07) is 11.0. The highest BCUT2D eigenvalue weighted by Gasteiger charge is 2.02. The molecule has 2 rings (SSSR count). The van der Waals surface area contributed by atoms with Gasteiger partial charge in [-0.25, -0.2) is 4.98 Å². The Kier molecular flexibility index (Phi) is 3.91. The third-order valence-corrected chi connectivity index (χ3v) is 3.27. The zero-order valence-electron chi connectivity index (χ0n) is 10.4. The van der Waals surface area contributed by atoms with Crippen LogP contribution in [0.5, 0.6) is 0 Å². The number of carbonyl (C=O) groups is 1. The standard InChI is InChI=1S/C13H14N4OS/c1-8(18)16-9-2-4-10(5-3-9)19-12-7-6-11(14)13(15)17-12/h2-7H,14H2,1H3,(H2,15,17)(H,16,18). The number of nitrogens with two attached hydrogens (primary N) is 2. The SMILES string of the molecule is CC(=O)Nc1ccc(Sc2ccc(N)c(N)n2)cc1. The largest absolute Gasteiger partial charge is 0.396 e. The predicted molar refractivity (Wildman–Crippen MR) is 77.9 cm³/mol. The third kappa shape index (κ3) is 3.62. The smallest absolute Gasteiger partial charge is 0.221 e. The molecule has 1 amide bonds. The van der Waals surface area contributed by atoms with E-state index >= 15 is 0 Å². The second-order valence-corrected chi connectivity index (χ2v) is 5.03. The average molecular weight is 274 g/mol. The molecule has 0 bridgehead atoms. The Morgan fingerprint density at radius 2 is 1.84 bits per heavy atom. The number of nitrogens with one attached hydrogen (secondary N) is 1. The molecule has 1 aromatic carbocycles. The van der Waals surface area contributed by atoms with Crippen LogP contribution in [0.3, 0.4) is 0 Å². The Bertz CT molecular complexity index is 598. The molecule has 2 aromatic rings. The summed E-state index contributed by atoms with van der Waals surface area (Å²) in [7, 11) is 0. The maximum absolute atomic E-state index is 10.9. The lowest BCUT2D eigenvalue weighted by Gasteiger charge is -2.05. The molecule has 5 N–H and O–H groups in total. The molecule has 19 heavy (non-hydrogen) atoms. The Morgan fingerprint density at radius 3 is 2.42 bits per heavy atom. The molecule has 0 fully saturated rings. The minimum absolute atomic E-state index is 0.0895. The van der Waals surface area contributed by atoms with Crippen molar-refractivity contribution in [3.8, 4) is 0 Å². The van der Waals surface area contributed by atoms with Crippen molar-refractivity contribution >= 4 is 34.9 Å². The van der Waals surface area contributed by atoms with E-state index in [9.17, 15) is 4.79 Å². The van der Waals surface area contributed by atoms with Gasteiger partial charge in [-0.3, -0.25) is 4.79 Å². The quantitative estimate of drug-likeness (QED) is 0.798. The normalized spacial score (nSPS) is 10.2. The number of nitrogen functional groups attached to an aromatic ring is 2. The molecule has 1 aromatic heterocycles. The zero-order chi connectivity index (χ0) is 13.8. The van der Waals surface area contributed by atoms with Gasteiger partial charge in [0.1, 0.15) is 10.8 Å². The first-order chi connectivity index (χ1) is 9.04. The highest BCUT2D eigenvalue weighted by molar-refractivity contribution is 7.99. The number of aromatic nitrogens is 1. The van der Waals surface area contributed by atoms with Crippen molar-refractivity contribution in [2.45, 2.75) is 16.8 Å². The zero-order valence-corrected chi connectivity index (χ0v) is 11.2. The second-order valence-electron chi connectivity index (χ2n) is 3.93. The molecule has 5 nitrogen and oxygen atoms in total. The molecule has 0 aliphatic rings. The van der Waals surface area contributed by atoms with E-state index in [1.807, 2.05) is 30.3 Å². The highest BCUT2D eigenvalue weighted by atomic mass is 32.2. The topological polar surface area (TPSA) is 94.0 Å². The molecule has 6 heteroatoms. The molecular weight excluding hydrogens is 260 g/mol. The van der Waals surface area contributed by atoms with Gasteiger partial charge in [-0.1, -0.05) is 11.8 Å². The van der Waals surface area contributed by atoms with Gasteiger partial charge in [0, 0.05) is 17.5 Å². The fourth-order valence-electron chi connectivity index (χ4n) is 1.45. The number of anilines is 3. The van der Waals surface area contributed by atoms with Gasteiger partial charge in [0.05, 0.1) is 5.69 Å². The Morgan fingerprint density at radius 1 is 1.16 bits per heavy atom. The lowest BCUT2D eigenvalue weighted by atomic mass is 10.3. The van der Waals surface area contributed by atoms with E-state index in [2.05, 4.69) is 10.3 Å². The van der Waals surface area contributed by atoms with E-state index in [1.165, 1.54) is 18.7 Å². The predicted octanol–water partition coefficient (Wildman–Crippen LogP) is 2.36. The molecule has 98 valence electrons. The Hall–Kier alpha value is -2.21. The van der Waals surface area contributed by atoms with Crippen LogP contribution in [-0.2, 0) is 4.79 Å². The van der Waals surface area contributed by atoms with Gasteiger partial charge in [0.2, 0.25) is 5.91 Å². The van der Waals surface area contributed by atoms with E-state index in [0.29, 0.717) is 11.5 Å². The van der Waals surface area contributed by atoms with E-state index < -0.39 is 0 Å². The number of carbonyl (C=O) groups excluding carboxylic acids is 1. The number of amides is 1. The van der Waals surface area contributed by atoms with Crippen molar-refractivity contribution in [1.29, 1.82) is 0 Å². The number of hydrogen-bond acceptors (Lipinski definition) is 5. The van der Waals surface area contributed by atoms with E-state index in [0.717, 1.165) is 15.6 Å². The molecule has 0 unspecified atom stereocenters.